The fourth-order valence-corrected chi connectivity index (χ4v) is 1.93. The van der Waals surface area contributed by atoms with E-state index in [4.69, 9.17) is 10.5 Å². The van der Waals surface area contributed by atoms with Gasteiger partial charge in [-0.3, -0.25) is 4.90 Å². The number of rotatable bonds is 7. The molecule has 0 aliphatic carbocycles. The smallest absolute Gasteiger partial charge is 0.0594 e. The molecule has 4 heteroatoms. The molecule has 1 aliphatic rings. The Kier molecular flexibility index (Phi) is 6.92. The molecule has 0 atom stereocenters. The van der Waals surface area contributed by atoms with Crippen molar-refractivity contribution >= 4 is 0 Å². The standard InChI is InChI=1S/C11H25N3O/c1-2-4-13-5-7-14(8-6-13)9-11-15-10-3-12/h2-12H2,1H3. The summed E-state index contributed by atoms with van der Waals surface area (Å²) in [5.41, 5.74) is 5.35. The van der Waals surface area contributed by atoms with Crippen molar-refractivity contribution in [2.24, 2.45) is 5.73 Å². The van der Waals surface area contributed by atoms with Crippen molar-refractivity contribution in [1.82, 2.24) is 9.80 Å². The molecule has 0 bridgehead atoms. The highest BCUT2D eigenvalue weighted by Gasteiger charge is 2.15. The monoisotopic (exact) mass is 215 g/mol. The van der Waals surface area contributed by atoms with Crippen molar-refractivity contribution in [3.8, 4) is 0 Å². The summed E-state index contributed by atoms with van der Waals surface area (Å²) in [5.74, 6) is 0. The zero-order chi connectivity index (χ0) is 10.9. The second-order valence-electron chi connectivity index (χ2n) is 4.08. The lowest BCUT2D eigenvalue weighted by Crippen LogP contribution is -2.47. The van der Waals surface area contributed by atoms with E-state index in [9.17, 15) is 0 Å². The lowest BCUT2D eigenvalue weighted by molar-refractivity contribution is 0.0787. The van der Waals surface area contributed by atoms with Gasteiger partial charge in [-0.05, 0) is 13.0 Å². The van der Waals surface area contributed by atoms with Crippen LogP contribution < -0.4 is 5.73 Å². The average molecular weight is 215 g/mol. The van der Waals surface area contributed by atoms with E-state index in [0.29, 0.717) is 13.2 Å². The van der Waals surface area contributed by atoms with Crippen LogP contribution in [0.2, 0.25) is 0 Å². The van der Waals surface area contributed by atoms with Crippen molar-refractivity contribution in [2.75, 3.05) is 59.0 Å². The molecular weight excluding hydrogens is 190 g/mol. The fraction of sp³-hybridized carbons (Fsp3) is 1.00. The Labute approximate surface area is 93.4 Å². The van der Waals surface area contributed by atoms with E-state index in [0.717, 1.165) is 13.2 Å². The topological polar surface area (TPSA) is 41.7 Å². The summed E-state index contributed by atoms with van der Waals surface area (Å²) in [6, 6.07) is 0. The molecule has 90 valence electrons. The van der Waals surface area contributed by atoms with E-state index in [-0.39, 0.29) is 0 Å². The number of piperazine rings is 1. The minimum absolute atomic E-state index is 0.629. The first-order valence-electron chi connectivity index (χ1n) is 6.09. The van der Waals surface area contributed by atoms with Crippen molar-refractivity contribution in [1.29, 1.82) is 0 Å². The van der Waals surface area contributed by atoms with Crippen LogP contribution >= 0.6 is 0 Å². The van der Waals surface area contributed by atoms with E-state index >= 15 is 0 Å². The molecule has 1 rings (SSSR count). The van der Waals surface area contributed by atoms with E-state index < -0.39 is 0 Å². The fourth-order valence-electron chi connectivity index (χ4n) is 1.93. The molecule has 1 saturated heterocycles. The molecule has 1 fully saturated rings. The number of nitrogens with zero attached hydrogens (tertiary/aromatic N) is 2. The molecule has 0 aromatic rings. The van der Waals surface area contributed by atoms with E-state index in [2.05, 4.69) is 16.7 Å². The third-order valence-electron chi connectivity index (χ3n) is 2.82. The lowest BCUT2D eigenvalue weighted by Gasteiger charge is -2.34. The first-order chi connectivity index (χ1) is 7.36. The van der Waals surface area contributed by atoms with Crippen LogP contribution in [0.3, 0.4) is 0 Å². The van der Waals surface area contributed by atoms with Gasteiger partial charge < -0.3 is 15.4 Å². The molecule has 0 aromatic heterocycles. The molecule has 0 amide bonds. The van der Waals surface area contributed by atoms with E-state index in [1.54, 1.807) is 0 Å². The number of hydrogen-bond acceptors (Lipinski definition) is 4. The maximum atomic E-state index is 5.38. The Morgan fingerprint density at radius 3 is 2.13 bits per heavy atom. The molecule has 15 heavy (non-hydrogen) atoms. The Morgan fingerprint density at radius 1 is 1.00 bits per heavy atom. The molecule has 2 N–H and O–H groups in total. The van der Waals surface area contributed by atoms with Gasteiger partial charge in [0.1, 0.15) is 0 Å². The van der Waals surface area contributed by atoms with Crippen molar-refractivity contribution in [3.05, 3.63) is 0 Å². The lowest BCUT2D eigenvalue weighted by atomic mass is 10.3. The molecule has 1 heterocycles. The molecule has 0 unspecified atom stereocenters. The maximum absolute atomic E-state index is 5.38. The van der Waals surface area contributed by atoms with Gasteiger partial charge in [0.2, 0.25) is 0 Å². The number of nitrogens with two attached hydrogens (primary N) is 1. The number of ether oxygens (including phenoxy) is 1. The first-order valence-corrected chi connectivity index (χ1v) is 6.09. The summed E-state index contributed by atoms with van der Waals surface area (Å²) in [6.07, 6.45) is 1.26. The van der Waals surface area contributed by atoms with Gasteiger partial charge >= 0.3 is 0 Å². The Morgan fingerprint density at radius 2 is 1.60 bits per heavy atom. The summed E-state index contributed by atoms with van der Waals surface area (Å²) in [7, 11) is 0. The van der Waals surface area contributed by atoms with E-state index in [1.165, 1.54) is 39.1 Å². The van der Waals surface area contributed by atoms with Gasteiger partial charge in [-0.1, -0.05) is 6.92 Å². The predicted octanol–water partition coefficient (Wildman–Crippen LogP) is -0.0107. The highest BCUT2D eigenvalue weighted by Crippen LogP contribution is 2.01. The van der Waals surface area contributed by atoms with Crippen LogP contribution in [0.25, 0.3) is 0 Å². The van der Waals surface area contributed by atoms with Gasteiger partial charge in [-0.2, -0.15) is 0 Å². The normalized spacial score (nSPS) is 19.6. The van der Waals surface area contributed by atoms with Gasteiger partial charge in [-0.15, -0.1) is 0 Å². The van der Waals surface area contributed by atoms with Gasteiger partial charge in [-0.25, -0.2) is 0 Å². The van der Waals surface area contributed by atoms with Crippen LogP contribution in [0.1, 0.15) is 13.3 Å². The molecule has 1 aliphatic heterocycles. The van der Waals surface area contributed by atoms with Crippen LogP contribution in [0, 0.1) is 0 Å². The average Bonchev–Trinajstić information content (AvgIpc) is 2.27. The maximum Gasteiger partial charge on any atom is 0.0594 e. The second kappa shape index (κ2) is 8.05. The largest absolute Gasteiger partial charge is 0.379 e. The molecule has 4 nitrogen and oxygen atoms in total. The van der Waals surface area contributed by atoms with Crippen molar-refractivity contribution < 1.29 is 4.74 Å². The zero-order valence-corrected chi connectivity index (χ0v) is 9.95. The van der Waals surface area contributed by atoms with Gasteiger partial charge in [0.15, 0.2) is 0 Å². The summed E-state index contributed by atoms with van der Waals surface area (Å²) < 4.78 is 5.38. The molecule has 0 radical (unpaired) electrons. The Balaban J connectivity index is 1.99. The molecule has 0 spiro atoms. The van der Waals surface area contributed by atoms with E-state index in [1.807, 2.05) is 0 Å². The molecule has 0 saturated carbocycles. The second-order valence-corrected chi connectivity index (χ2v) is 4.08. The highest BCUT2D eigenvalue weighted by atomic mass is 16.5. The van der Waals surface area contributed by atoms with Gasteiger partial charge in [0.25, 0.3) is 0 Å². The third-order valence-corrected chi connectivity index (χ3v) is 2.82. The predicted molar refractivity (Wildman–Crippen MR) is 63.0 cm³/mol. The van der Waals surface area contributed by atoms with Crippen LogP contribution in [0.4, 0.5) is 0 Å². The first kappa shape index (κ1) is 12.9. The summed E-state index contributed by atoms with van der Waals surface area (Å²) >= 11 is 0. The minimum Gasteiger partial charge on any atom is -0.379 e. The number of hydrogen-bond donors (Lipinski definition) is 1. The van der Waals surface area contributed by atoms with Crippen LogP contribution in [-0.4, -0.2) is 68.8 Å². The summed E-state index contributed by atoms with van der Waals surface area (Å²) in [4.78, 5) is 5.01. The van der Waals surface area contributed by atoms with Gasteiger partial charge in [0, 0.05) is 39.3 Å². The Hall–Kier alpha value is -0.160. The highest BCUT2D eigenvalue weighted by molar-refractivity contribution is 4.71. The van der Waals surface area contributed by atoms with Crippen LogP contribution in [0.5, 0.6) is 0 Å². The van der Waals surface area contributed by atoms with Crippen molar-refractivity contribution in [3.63, 3.8) is 0 Å². The molecule has 0 aromatic carbocycles. The summed E-state index contributed by atoms with van der Waals surface area (Å²) in [6.45, 7) is 11.5. The summed E-state index contributed by atoms with van der Waals surface area (Å²) in [5, 5.41) is 0. The van der Waals surface area contributed by atoms with Crippen molar-refractivity contribution in [2.45, 2.75) is 13.3 Å². The van der Waals surface area contributed by atoms with Gasteiger partial charge in [0.05, 0.1) is 13.2 Å². The minimum atomic E-state index is 0.629. The van der Waals surface area contributed by atoms with Crippen LogP contribution in [0.15, 0.2) is 0 Å². The molecular formula is C11H25N3O. The Bertz CT molecular complexity index is 144. The SMILES string of the molecule is CCCN1CCN(CCOCCN)CC1. The van der Waals surface area contributed by atoms with Crippen LogP contribution in [-0.2, 0) is 4.74 Å². The zero-order valence-electron chi connectivity index (χ0n) is 9.95. The third kappa shape index (κ3) is 5.47. The quantitative estimate of drug-likeness (QED) is 0.607.